The molecule has 0 radical (unpaired) electrons. The molecule has 0 atom stereocenters. The average molecular weight is 1160 g/mol. The van der Waals surface area contributed by atoms with Gasteiger partial charge >= 0.3 is 24.7 Å². The van der Waals surface area contributed by atoms with Crippen LogP contribution in [0.1, 0.15) is 74.1 Å². The third-order valence-electron chi connectivity index (χ3n) is 12.0. The van der Waals surface area contributed by atoms with Crippen LogP contribution in [0.3, 0.4) is 0 Å². The third-order valence-corrected chi connectivity index (χ3v) is 12.0. The molecule has 0 aliphatic carbocycles. The Morgan fingerprint density at radius 1 is 0.354 bits per heavy atom. The highest BCUT2D eigenvalue weighted by Crippen LogP contribution is 2.59. The number of ketones is 1. The number of carbonyl (C=O) groups is 5. The Bertz CT molecular complexity index is 3500. The van der Waals surface area contributed by atoms with Crippen molar-refractivity contribution in [2.24, 2.45) is 0 Å². The van der Waals surface area contributed by atoms with Gasteiger partial charge in [-0.05, 0) is 145 Å². The minimum atomic E-state index is -6.19. The molecule has 14 nitrogen and oxygen atoms in total. The van der Waals surface area contributed by atoms with Crippen molar-refractivity contribution in [1.29, 1.82) is 0 Å². The maximum Gasteiger partial charge on any atom is 0.411 e. The molecular formula is C56H42F12N4O10. The fourth-order valence-electron chi connectivity index (χ4n) is 8.29. The van der Waals surface area contributed by atoms with Crippen LogP contribution in [0.4, 0.5) is 75.4 Å². The van der Waals surface area contributed by atoms with Crippen molar-refractivity contribution >= 4 is 52.2 Å². The van der Waals surface area contributed by atoms with Gasteiger partial charge < -0.3 is 51.2 Å². The molecule has 0 bridgehead atoms. The van der Waals surface area contributed by atoms with E-state index in [9.17, 15) is 70.7 Å². The molecule has 0 unspecified atom stereocenters. The molecule has 82 heavy (non-hydrogen) atoms. The average Bonchev–Trinajstić information content (AvgIpc) is 0.899. The van der Waals surface area contributed by atoms with Crippen molar-refractivity contribution in [3.8, 4) is 34.5 Å². The SMILES string of the molecule is CC(=O)Nc1cc(C(c2ccc(O)c(NC(=O)c3ccc(Oc4ccc(C(=O)Nc5cc(C(c6ccc(O)c(NC(=O)c7ccccc7)c6)(C(F)(F)F)C(F)(F)F)ccc5O)cc4)cc3)c2)(C(F)(F)F)C(F)(F)F)ccc1O.CC(C)=O. The molecule has 0 saturated heterocycles. The Balaban J connectivity index is 0.00000261. The number of ether oxygens (including phenoxy) is 1. The van der Waals surface area contributed by atoms with Crippen LogP contribution in [0.15, 0.2) is 152 Å². The van der Waals surface area contributed by atoms with Gasteiger partial charge in [-0.25, -0.2) is 0 Å². The predicted molar refractivity (Wildman–Crippen MR) is 272 cm³/mol. The number of aromatic hydroxyl groups is 4. The number of nitrogens with one attached hydrogen (secondary N) is 4. The highest BCUT2D eigenvalue weighted by atomic mass is 19.4. The van der Waals surface area contributed by atoms with Gasteiger partial charge in [-0.3, -0.25) is 19.2 Å². The highest BCUT2D eigenvalue weighted by Gasteiger charge is 2.74. The maximum absolute atomic E-state index is 15.2. The van der Waals surface area contributed by atoms with Gasteiger partial charge in [0.05, 0.1) is 22.7 Å². The number of phenols is 4. The van der Waals surface area contributed by atoms with Gasteiger partial charge in [-0.2, -0.15) is 52.7 Å². The summed E-state index contributed by atoms with van der Waals surface area (Å²) in [4.78, 5) is 60.4. The Morgan fingerprint density at radius 3 is 0.841 bits per heavy atom. The first-order valence-electron chi connectivity index (χ1n) is 23.3. The molecule has 0 spiro atoms. The van der Waals surface area contributed by atoms with Crippen LogP contribution in [0.2, 0.25) is 0 Å². The number of amides is 4. The zero-order valence-corrected chi connectivity index (χ0v) is 42.2. The van der Waals surface area contributed by atoms with E-state index >= 15 is 26.3 Å². The summed E-state index contributed by atoms with van der Waals surface area (Å²) in [5, 5.41) is 49.7. The van der Waals surface area contributed by atoms with E-state index in [0.29, 0.717) is 54.6 Å². The number of alkyl halides is 12. The second-order valence-corrected chi connectivity index (χ2v) is 17.9. The summed E-state index contributed by atoms with van der Waals surface area (Å²) in [7, 11) is 0. The first kappa shape index (κ1) is 61.5. The number of hydrogen-bond acceptors (Lipinski definition) is 10. The molecule has 0 heterocycles. The molecule has 0 saturated carbocycles. The number of carbonyl (C=O) groups excluding carboxylic acids is 5. The summed E-state index contributed by atoms with van der Waals surface area (Å²) in [6.45, 7) is 3.95. The van der Waals surface area contributed by atoms with Crippen LogP contribution in [-0.4, -0.2) is 74.5 Å². The Morgan fingerprint density at radius 2 is 0.598 bits per heavy atom. The lowest BCUT2D eigenvalue weighted by Crippen LogP contribution is -2.54. The van der Waals surface area contributed by atoms with Gasteiger partial charge in [0.15, 0.2) is 0 Å². The Labute approximate surface area is 455 Å². The van der Waals surface area contributed by atoms with Crippen molar-refractivity contribution in [2.75, 3.05) is 21.3 Å². The van der Waals surface area contributed by atoms with Crippen LogP contribution in [0.5, 0.6) is 34.5 Å². The fourth-order valence-corrected chi connectivity index (χ4v) is 8.29. The summed E-state index contributed by atoms with van der Waals surface area (Å²) in [5.74, 6) is -7.71. The molecule has 7 aromatic rings. The van der Waals surface area contributed by atoms with E-state index in [2.05, 4.69) is 16.0 Å². The molecule has 4 amide bonds. The minimum Gasteiger partial charge on any atom is -0.506 e. The largest absolute Gasteiger partial charge is 0.506 e. The van der Waals surface area contributed by atoms with Gasteiger partial charge in [-0.1, -0.05) is 42.5 Å². The summed E-state index contributed by atoms with van der Waals surface area (Å²) in [6.07, 6.45) is -24.7. The van der Waals surface area contributed by atoms with Crippen molar-refractivity contribution in [1.82, 2.24) is 0 Å². The lowest BCUT2D eigenvalue weighted by atomic mass is 9.72. The molecule has 430 valence electrons. The second kappa shape index (κ2) is 23.5. The van der Waals surface area contributed by atoms with Gasteiger partial charge in [0.1, 0.15) is 40.3 Å². The van der Waals surface area contributed by atoms with E-state index in [1.807, 2.05) is 5.32 Å². The number of benzene rings is 7. The summed E-state index contributed by atoms with van der Waals surface area (Å²) < 4.78 is 186. The van der Waals surface area contributed by atoms with Crippen molar-refractivity contribution in [2.45, 2.75) is 56.3 Å². The number of anilines is 4. The van der Waals surface area contributed by atoms with Gasteiger partial charge in [0, 0.05) is 23.6 Å². The van der Waals surface area contributed by atoms with Crippen LogP contribution >= 0.6 is 0 Å². The standard InChI is InChI=1S/C53H36F12N4O9.C3H6O/c1-27(70)66-37-23-31(11-19-41(37)71)48(50(54,55)56,51(57,58)59)32-12-21-43(73)39(25-32)68-46(76)29-7-15-35(16-8-29)78-36-17-9-30(10-18-36)47(77)69-40-26-34(14-22-44(40)74)49(52(60,61)62,53(63,64)65)33-13-20-42(72)38(24-33)67-45(75)28-5-3-2-4-6-28;1-3(2)4/h2-26,71-74H,1H3,(H,66,70)(H,67,75)(H,68,76)(H,69,77);1-2H3. The van der Waals surface area contributed by atoms with E-state index < -0.39 is 127 Å². The minimum absolute atomic E-state index is 0.0138. The number of halogens is 12. The molecule has 0 aromatic heterocycles. The maximum atomic E-state index is 15.2. The molecule has 26 heteroatoms. The summed E-state index contributed by atoms with van der Waals surface area (Å²) in [5.41, 5.74) is -19.8. The highest BCUT2D eigenvalue weighted by molar-refractivity contribution is 6.06. The quantitative estimate of drug-likeness (QED) is 0.0403. The van der Waals surface area contributed by atoms with Gasteiger partial charge in [-0.15, -0.1) is 0 Å². The summed E-state index contributed by atoms with van der Waals surface area (Å²) >= 11 is 0. The van der Waals surface area contributed by atoms with Gasteiger partial charge in [0.25, 0.3) is 17.7 Å². The number of Topliss-reactive ketones (excluding diaryl/α,β-unsaturated/α-hetero) is 1. The van der Waals surface area contributed by atoms with E-state index in [0.717, 1.165) is 31.2 Å². The number of rotatable bonds is 13. The zero-order valence-electron chi connectivity index (χ0n) is 42.2. The monoisotopic (exact) mass is 1160 g/mol. The zero-order chi connectivity index (χ0) is 60.9. The molecule has 7 aromatic carbocycles. The van der Waals surface area contributed by atoms with Crippen molar-refractivity contribution in [3.05, 3.63) is 191 Å². The normalized spacial score (nSPS) is 12.0. The fraction of sp³-hybridized carbons (Fsp3) is 0.161. The number of phenolic OH excluding ortho intramolecular Hbond substituents is 4. The number of hydrogen-bond donors (Lipinski definition) is 8. The van der Waals surface area contributed by atoms with Crippen molar-refractivity contribution < 1.29 is 102 Å². The Hall–Kier alpha value is -9.75. The molecule has 0 fully saturated rings. The lowest BCUT2D eigenvalue weighted by molar-refractivity contribution is -0.290. The van der Waals surface area contributed by atoms with E-state index in [1.165, 1.54) is 68.4 Å². The molecule has 0 aliphatic rings. The van der Waals surface area contributed by atoms with Crippen LogP contribution < -0.4 is 26.0 Å². The van der Waals surface area contributed by atoms with Crippen molar-refractivity contribution in [3.63, 3.8) is 0 Å². The second-order valence-electron chi connectivity index (χ2n) is 17.9. The molecule has 0 aliphatic heterocycles. The third kappa shape index (κ3) is 12.8. The van der Waals surface area contributed by atoms with E-state index in [-0.39, 0.29) is 52.2 Å². The van der Waals surface area contributed by atoms with E-state index in [4.69, 9.17) is 4.74 Å². The lowest BCUT2D eigenvalue weighted by Gasteiger charge is -2.38. The van der Waals surface area contributed by atoms with Crippen LogP contribution in [0.25, 0.3) is 0 Å². The smallest absolute Gasteiger partial charge is 0.411 e. The first-order valence-corrected chi connectivity index (χ1v) is 23.3. The topological polar surface area (TPSA) is 224 Å². The van der Waals surface area contributed by atoms with Crippen LogP contribution in [0, 0.1) is 0 Å². The first-order chi connectivity index (χ1) is 38.1. The molecule has 7 rings (SSSR count). The molecule has 8 N–H and O–H groups in total. The van der Waals surface area contributed by atoms with Gasteiger partial charge in [0.2, 0.25) is 16.7 Å². The van der Waals surface area contributed by atoms with Crippen LogP contribution in [-0.2, 0) is 20.4 Å². The Kier molecular flexibility index (Phi) is 17.6. The predicted octanol–water partition coefficient (Wildman–Crippen LogP) is 13.4. The summed E-state index contributed by atoms with van der Waals surface area (Å²) in [6, 6.07) is 20.5. The van der Waals surface area contributed by atoms with E-state index in [1.54, 1.807) is 0 Å². The molecular weight excluding hydrogens is 1120 g/mol.